The molecular formula is C8H12BrN3O2S. The van der Waals surface area contributed by atoms with Crippen molar-refractivity contribution in [2.45, 2.75) is 6.92 Å². The van der Waals surface area contributed by atoms with Crippen molar-refractivity contribution >= 4 is 37.5 Å². The van der Waals surface area contributed by atoms with Gasteiger partial charge in [-0.1, -0.05) is 0 Å². The zero-order valence-electron chi connectivity index (χ0n) is 8.33. The van der Waals surface area contributed by atoms with E-state index in [1.54, 1.807) is 12.1 Å². The van der Waals surface area contributed by atoms with Gasteiger partial charge in [-0.2, -0.15) is 8.42 Å². The third-order valence-electron chi connectivity index (χ3n) is 1.87. The van der Waals surface area contributed by atoms with Crippen molar-refractivity contribution < 1.29 is 8.42 Å². The lowest BCUT2D eigenvalue weighted by Crippen LogP contribution is -2.26. The van der Waals surface area contributed by atoms with E-state index in [1.165, 1.54) is 7.05 Å². The third kappa shape index (κ3) is 3.08. The van der Waals surface area contributed by atoms with Gasteiger partial charge in [-0.3, -0.25) is 4.72 Å². The number of hydrogen-bond acceptors (Lipinski definition) is 3. The van der Waals surface area contributed by atoms with Crippen molar-refractivity contribution in [3.05, 3.63) is 22.2 Å². The molecule has 0 aliphatic carbocycles. The van der Waals surface area contributed by atoms with Crippen molar-refractivity contribution in [1.29, 1.82) is 0 Å². The van der Waals surface area contributed by atoms with Gasteiger partial charge in [0.15, 0.2) is 0 Å². The molecule has 15 heavy (non-hydrogen) atoms. The number of anilines is 2. The van der Waals surface area contributed by atoms with Crippen LogP contribution in [0.25, 0.3) is 0 Å². The number of benzene rings is 1. The summed E-state index contributed by atoms with van der Waals surface area (Å²) in [4.78, 5) is 0. The van der Waals surface area contributed by atoms with Gasteiger partial charge in [-0.25, -0.2) is 4.72 Å². The minimum absolute atomic E-state index is 0.410. The molecule has 0 atom stereocenters. The van der Waals surface area contributed by atoms with E-state index in [9.17, 15) is 8.42 Å². The van der Waals surface area contributed by atoms with Crippen molar-refractivity contribution in [2.75, 3.05) is 17.5 Å². The van der Waals surface area contributed by atoms with Crippen LogP contribution < -0.4 is 15.2 Å². The fourth-order valence-corrected chi connectivity index (χ4v) is 2.21. The SMILES string of the molecule is CNS(=O)(=O)Nc1cc(N)c(C)cc1Br. The Hall–Kier alpha value is -0.790. The highest BCUT2D eigenvalue weighted by Gasteiger charge is 2.10. The van der Waals surface area contributed by atoms with E-state index < -0.39 is 10.2 Å². The van der Waals surface area contributed by atoms with Crippen molar-refractivity contribution in [3.8, 4) is 0 Å². The Kier molecular flexibility index (Phi) is 3.58. The van der Waals surface area contributed by atoms with E-state index in [1.807, 2.05) is 6.92 Å². The Morgan fingerprint density at radius 2 is 2.00 bits per heavy atom. The molecule has 0 amide bonds. The van der Waals surface area contributed by atoms with Gasteiger partial charge >= 0.3 is 0 Å². The van der Waals surface area contributed by atoms with Gasteiger partial charge in [0.25, 0.3) is 10.2 Å². The van der Waals surface area contributed by atoms with E-state index in [0.29, 0.717) is 15.8 Å². The van der Waals surface area contributed by atoms with Gasteiger partial charge in [-0.15, -0.1) is 0 Å². The number of nitrogens with one attached hydrogen (secondary N) is 2. The average Bonchev–Trinajstić information content (AvgIpc) is 2.14. The molecule has 7 heteroatoms. The number of aryl methyl sites for hydroxylation is 1. The highest BCUT2D eigenvalue weighted by molar-refractivity contribution is 9.10. The van der Waals surface area contributed by atoms with Crippen LogP contribution in [0.5, 0.6) is 0 Å². The monoisotopic (exact) mass is 293 g/mol. The number of hydrogen-bond donors (Lipinski definition) is 3. The smallest absolute Gasteiger partial charge is 0.298 e. The van der Waals surface area contributed by atoms with Crippen LogP contribution in [0.4, 0.5) is 11.4 Å². The molecule has 0 radical (unpaired) electrons. The van der Waals surface area contributed by atoms with E-state index in [0.717, 1.165) is 5.56 Å². The molecule has 1 rings (SSSR count). The maximum absolute atomic E-state index is 11.2. The summed E-state index contributed by atoms with van der Waals surface area (Å²) in [6.07, 6.45) is 0. The molecule has 0 heterocycles. The summed E-state index contributed by atoms with van der Waals surface area (Å²) in [5.41, 5.74) is 7.50. The van der Waals surface area contributed by atoms with E-state index in [-0.39, 0.29) is 0 Å². The molecule has 0 aromatic heterocycles. The standard InChI is InChI=1S/C8H12BrN3O2S/c1-5-3-6(9)8(4-7(5)10)12-15(13,14)11-2/h3-4,11-12H,10H2,1-2H3. The zero-order chi connectivity index (χ0) is 11.6. The molecule has 0 aliphatic rings. The molecule has 0 spiro atoms. The number of halogens is 1. The van der Waals surface area contributed by atoms with Gasteiger partial charge in [0, 0.05) is 17.2 Å². The summed E-state index contributed by atoms with van der Waals surface area (Å²) < 4.78 is 27.6. The third-order valence-corrected chi connectivity index (χ3v) is 3.55. The summed E-state index contributed by atoms with van der Waals surface area (Å²) in [6.45, 7) is 1.84. The zero-order valence-corrected chi connectivity index (χ0v) is 10.7. The van der Waals surface area contributed by atoms with Crippen LogP contribution in [-0.4, -0.2) is 15.5 Å². The second kappa shape index (κ2) is 4.38. The predicted molar refractivity (Wildman–Crippen MR) is 64.9 cm³/mol. The van der Waals surface area contributed by atoms with E-state index >= 15 is 0 Å². The van der Waals surface area contributed by atoms with E-state index in [2.05, 4.69) is 25.4 Å². The Morgan fingerprint density at radius 1 is 1.40 bits per heavy atom. The normalized spacial score (nSPS) is 11.4. The molecule has 0 saturated heterocycles. The molecule has 5 nitrogen and oxygen atoms in total. The quantitative estimate of drug-likeness (QED) is 0.733. The summed E-state index contributed by atoms with van der Waals surface area (Å²) in [5, 5.41) is 0. The van der Waals surface area contributed by atoms with Crippen LogP contribution in [0.15, 0.2) is 16.6 Å². The fourth-order valence-electron chi connectivity index (χ4n) is 0.963. The first-order valence-corrected chi connectivity index (χ1v) is 6.40. The lowest BCUT2D eigenvalue weighted by molar-refractivity contribution is 0.593. The van der Waals surface area contributed by atoms with Crippen LogP contribution in [0.3, 0.4) is 0 Å². The fraction of sp³-hybridized carbons (Fsp3) is 0.250. The molecule has 0 fully saturated rings. The first-order chi connectivity index (χ1) is 6.85. The largest absolute Gasteiger partial charge is 0.398 e. The van der Waals surface area contributed by atoms with Gasteiger partial charge in [0.2, 0.25) is 0 Å². The van der Waals surface area contributed by atoms with Gasteiger partial charge in [-0.05, 0) is 40.5 Å². The molecule has 4 N–H and O–H groups in total. The molecule has 0 unspecified atom stereocenters. The molecule has 84 valence electrons. The van der Waals surface area contributed by atoms with E-state index in [4.69, 9.17) is 5.73 Å². The number of nitrogens with two attached hydrogens (primary N) is 1. The first kappa shape index (κ1) is 12.3. The lowest BCUT2D eigenvalue weighted by atomic mass is 10.2. The average molecular weight is 294 g/mol. The Bertz CT molecular complexity index is 473. The van der Waals surface area contributed by atoms with Crippen LogP contribution in [0, 0.1) is 6.92 Å². The van der Waals surface area contributed by atoms with Crippen LogP contribution >= 0.6 is 15.9 Å². The minimum atomic E-state index is -3.51. The minimum Gasteiger partial charge on any atom is -0.398 e. The van der Waals surface area contributed by atoms with Crippen LogP contribution in [0.2, 0.25) is 0 Å². The summed E-state index contributed by atoms with van der Waals surface area (Å²) in [5.74, 6) is 0. The van der Waals surface area contributed by atoms with Crippen molar-refractivity contribution in [2.24, 2.45) is 0 Å². The maximum atomic E-state index is 11.2. The number of rotatable bonds is 3. The van der Waals surface area contributed by atoms with Crippen molar-refractivity contribution in [3.63, 3.8) is 0 Å². The Labute approximate surface area is 97.4 Å². The highest BCUT2D eigenvalue weighted by Crippen LogP contribution is 2.28. The maximum Gasteiger partial charge on any atom is 0.298 e. The molecule has 1 aromatic rings. The van der Waals surface area contributed by atoms with Crippen LogP contribution in [-0.2, 0) is 10.2 Å². The predicted octanol–water partition coefficient (Wildman–Crippen LogP) is 1.22. The van der Waals surface area contributed by atoms with Crippen LogP contribution in [0.1, 0.15) is 5.56 Å². The summed E-state index contributed by atoms with van der Waals surface area (Å²) in [6, 6.07) is 3.32. The summed E-state index contributed by atoms with van der Waals surface area (Å²) >= 11 is 3.25. The molecule has 0 aliphatic heterocycles. The molecule has 1 aromatic carbocycles. The first-order valence-electron chi connectivity index (χ1n) is 4.12. The second-order valence-corrected chi connectivity index (χ2v) is 5.47. The highest BCUT2D eigenvalue weighted by atomic mass is 79.9. The Morgan fingerprint density at radius 3 is 2.53 bits per heavy atom. The van der Waals surface area contributed by atoms with Gasteiger partial charge in [0.05, 0.1) is 5.69 Å². The van der Waals surface area contributed by atoms with Gasteiger partial charge in [0.1, 0.15) is 0 Å². The molecule has 0 bridgehead atoms. The number of nitrogen functional groups attached to an aromatic ring is 1. The molecular weight excluding hydrogens is 282 g/mol. The van der Waals surface area contributed by atoms with Gasteiger partial charge < -0.3 is 5.73 Å². The Balaban J connectivity index is 3.12. The van der Waals surface area contributed by atoms with Crippen molar-refractivity contribution in [1.82, 2.24) is 4.72 Å². The molecule has 0 saturated carbocycles. The second-order valence-electron chi connectivity index (χ2n) is 3.00. The lowest BCUT2D eigenvalue weighted by Gasteiger charge is -2.10. The topological polar surface area (TPSA) is 84.2 Å². The summed E-state index contributed by atoms with van der Waals surface area (Å²) in [7, 11) is -2.18.